The lowest BCUT2D eigenvalue weighted by molar-refractivity contribution is -0.137. The van der Waals surface area contributed by atoms with Gasteiger partial charge in [0.15, 0.2) is 5.52 Å². The summed E-state index contributed by atoms with van der Waals surface area (Å²) in [5.41, 5.74) is -0.627. The van der Waals surface area contributed by atoms with Crippen LogP contribution in [0.25, 0.3) is 21.5 Å². The maximum Gasteiger partial charge on any atom is 0.416 e. The van der Waals surface area contributed by atoms with E-state index in [4.69, 9.17) is 0 Å². The van der Waals surface area contributed by atoms with E-state index < -0.39 is 35.6 Å². The highest BCUT2D eigenvalue weighted by Crippen LogP contribution is 2.31. The Bertz CT molecular complexity index is 1380. The predicted octanol–water partition coefficient (Wildman–Crippen LogP) is 4.63. The fourth-order valence-electron chi connectivity index (χ4n) is 3.08. The summed E-state index contributed by atoms with van der Waals surface area (Å²) < 4.78 is 53.4. The molecule has 0 aliphatic rings. The minimum atomic E-state index is -4.56. The molecule has 0 saturated heterocycles. The maximum atomic E-state index is 13.3. The van der Waals surface area contributed by atoms with Crippen LogP contribution in [0.15, 0.2) is 53.3 Å². The van der Waals surface area contributed by atoms with Gasteiger partial charge in [-0.1, -0.05) is 6.07 Å². The topological polar surface area (TPSA) is 76.9 Å². The number of nitrogens with one attached hydrogen (secondary N) is 1. The van der Waals surface area contributed by atoms with E-state index >= 15 is 0 Å². The first-order chi connectivity index (χ1) is 15.1. The average molecular weight is 462 g/mol. The zero-order valence-electron chi connectivity index (χ0n) is 16.4. The number of benzene rings is 2. The molecule has 11 heteroatoms. The molecule has 0 spiro atoms. The fourth-order valence-corrected chi connectivity index (χ4v) is 4.00. The highest BCUT2D eigenvalue weighted by Gasteiger charge is 2.30. The fraction of sp³-hybridized carbons (Fsp3) is 0.143. The Balaban J connectivity index is 1.69. The van der Waals surface area contributed by atoms with Crippen molar-refractivity contribution in [2.75, 3.05) is 5.32 Å². The third kappa shape index (κ3) is 4.37. The summed E-state index contributed by atoms with van der Waals surface area (Å²) in [6.07, 6.45) is -4.56. The van der Waals surface area contributed by atoms with Gasteiger partial charge in [-0.3, -0.25) is 9.59 Å². The summed E-state index contributed by atoms with van der Waals surface area (Å²) >= 11 is 1.24. The predicted molar refractivity (Wildman–Crippen MR) is 112 cm³/mol. The number of hydrogen-bond donors (Lipinski definition) is 1. The van der Waals surface area contributed by atoms with Gasteiger partial charge in [0.1, 0.15) is 18.1 Å². The van der Waals surface area contributed by atoms with Crippen molar-refractivity contribution >= 4 is 33.1 Å². The zero-order valence-corrected chi connectivity index (χ0v) is 17.2. The molecular weight excluding hydrogens is 448 g/mol. The number of amides is 1. The van der Waals surface area contributed by atoms with E-state index in [-0.39, 0.29) is 11.2 Å². The highest BCUT2D eigenvalue weighted by molar-refractivity contribution is 7.19. The minimum Gasteiger partial charge on any atom is -0.324 e. The van der Waals surface area contributed by atoms with Crippen LogP contribution in [0.4, 0.5) is 23.2 Å². The lowest BCUT2D eigenvalue weighted by atomic mass is 10.1. The number of aryl methyl sites for hydroxylation is 1. The lowest BCUT2D eigenvalue weighted by Crippen LogP contribution is -2.30. The first-order valence-corrected chi connectivity index (χ1v) is 10.0. The average Bonchev–Trinajstić information content (AvgIpc) is 3.12. The molecule has 2 aromatic carbocycles. The van der Waals surface area contributed by atoms with Crippen LogP contribution in [0.5, 0.6) is 0 Å². The summed E-state index contributed by atoms with van der Waals surface area (Å²) in [5.74, 6) is -1.19. The van der Waals surface area contributed by atoms with Crippen LogP contribution in [-0.2, 0) is 17.5 Å². The Morgan fingerprint density at radius 2 is 1.88 bits per heavy atom. The lowest BCUT2D eigenvalue weighted by Gasteiger charge is -2.11. The Hall–Kier alpha value is -3.60. The van der Waals surface area contributed by atoms with Gasteiger partial charge in [0.25, 0.3) is 5.56 Å². The number of rotatable bonds is 4. The van der Waals surface area contributed by atoms with E-state index in [1.165, 1.54) is 47.7 Å². The quantitative estimate of drug-likeness (QED) is 0.449. The van der Waals surface area contributed by atoms with E-state index in [0.29, 0.717) is 21.0 Å². The molecule has 2 heterocycles. The highest BCUT2D eigenvalue weighted by atomic mass is 32.1. The van der Waals surface area contributed by atoms with Crippen LogP contribution in [0.2, 0.25) is 0 Å². The molecule has 2 aromatic heterocycles. The molecule has 0 bridgehead atoms. The molecule has 32 heavy (non-hydrogen) atoms. The molecule has 4 aromatic rings. The van der Waals surface area contributed by atoms with Crippen molar-refractivity contribution in [1.29, 1.82) is 0 Å². The van der Waals surface area contributed by atoms with Crippen molar-refractivity contribution in [3.05, 3.63) is 75.3 Å². The molecular formula is C21H14F4N4O2S. The normalized spacial score (nSPS) is 11.7. The number of anilines is 1. The molecule has 0 fully saturated rings. The third-order valence-corrected chi connectivity index (χ3v) is 5.47. The van der Waals surface area contributed by atoms with Crippen LogP contribution in [0.3, 0.4) is 0 Å². The zero-order chi connectivity index (χ0) is 23.0. The number of nitrogens with zero attached hydrogens (tertiary/aromatic N) is 3. The van der Waals surface area contributed by atoms with Gasteiger partial charge in [-0.05, 0) is 49.4 Å². The molecule has 164 valence electrons. The Kier molecular flexibility index (Phi) is 5.51. The molecule has 6 nitrogen and oxygen atoms in total. The standard InChI is InChI=1S/C21H14F4N4O2S/c1-11-26-18-19(32-11)17(12-5-7-14(22)8-6-12)28-29(20(18)31)10-16(30)27-15-4-2-3-13(9-15)21(23,24)25/h2-9H,10H2,1H3,(H,27,30). The number of halogens is 4. The molecule has 1 amide bonds. The molecule has 0 atom stereocenters. The SMILES string of the molecule is Cc1nc2c(=O)n(CC(=O)Nc3cccc(C(F)(F)F)c3)nc(-c3ccc(F)cc3)c2s1. The smallest absolute Gasteiger partial charge is 0.324 e. The van der Waals surface area contributed by atoms with E-state index in [9.17, 15) is 27.2 Å². The Morgan fingerprint density at radius 1 is 1.16 bits per heavy atom. The van der Waals surface area contributed by atoms with Gasteiger partial charge in [0.05, 0.1) is 15.3 Å². The summed E-state index contributed by atoms with van der Waals surface area (Å²) in [6, 6.07) is 9.62. The minimum absolute atomic E-state index is 0.0674. The largest absolute Gasteiger partial charge is 0.416 e. The van der Waals surface area contributed by atoms with Crippen LogP contribution < -0.4 is 10.9 Å². The molecule has 0 saturated carbocycles. The van der Waals surface area contributed by atoms with Gasteiger partial charge < -0.3 is 5.32 Å². The monoisotopic (exact) mass is 462 g/mol. The second-order valence-electron chi connectivity index (χ2n) is 6.86. The molecule has 0 aliphatic heterocycles. The van der Waals surface area contributed by atoms with Crippen molar-refractivity contribution in [2.24, 2.45) is 0 Å². The first kappa shape index (κ1) is 21.6. The van der Waals surface area contributed by atoms with E-state index in [2.05, 4.69) is 15.4 Å². The van der Waals surface area contributed by atoms with Crippen LogP contribution in [0.1, 0.15) is 10.6 Å². The molecule has 1 N–H and O–H groups in total. The number of hydrogen-bond acceptors (Lipinski definition) is 5. The molecule has 0 unspecified atom stereocenters. The second-order valence-corrected chi connectivity index (χ2v) is 8.06. The second kappa shape index (κ2) is 8.15. The number of carbonyl (C=O) groups excluding carboxylic acids is 1. The number of carbonyl (C=O) groups is 1. The van der Waals surface area contributed by atoms with Crippen molar-refractivity contribution in [1.82, 2.24) is 14.8 Å². The van der Waals surface area contributed by atoms with Crippen LogP contribution in [0, 0.1) is 12.7 Å². The van der Waals surface area contributed by atoms with Gasteiger partial charge in [-0.2, -0.15) is 18.3 Å². The number of alkyl halides is 3. The molecule has 0 radical (unpaired) electrons. The van der Waals surface area contributed by atoms with Crippen molar-refractivity contribution in [3.63, 3.8) is 0 Å². The van der Waals surface area contributed by atoms with Gasteiger partial charge in [-0.15, -0.1) is 11.3 Å². The molecule has 0 aliphatic carbocycles. The molecule has 4 rings (SSSR count). The van der Waals surface area contributed by atoms with Gasteiger partial charge in [0, 0.05) is 11.3 Å². The third-order valence-electron chi connectivity index (χ3n) is 4.49. The number of thiazole rings is 1. The Labute approximate surface area is 182 Å². The Morgan fingerprint density at radius 3 is 2.56 bits per heavy atom. The summed E-state index contributed by atoms with van der Waals surface area (Å²) in [7, 11) is 0. The summed E-state index contributed by atoms with van der Waals surface area (Å²) in [6.45, 7) is 1.17. The van der Waals surface area contributed by atoms with Gasteiger partial charge in [0.2, 0.25) is 5.91 Å². The van der Waals surface area contributed by atoms with Crippen LogP contribution >= 0.6 is 11.3 Å². The van der Waals surface area contributed by atoms with Crippen LogP contribution in [-0.4, -0.2) is 20.7 Å². The van der Waals surface area contributed by atoms with Crippen molar-refractivity contribution < 1.29 is 22.4 Å². The van der Waals surface area contributed by atoms with Crippen molar-refractivity contribution in [2.45, 2.75) is 19.6 Å². The van der Waals surface area contributed by atoms with E-state index in [1.54, 1.807) is 6.92 Å². The maximum absolute atomic E-state index is 13.3. The summed E-state index contributed by atoms with van der Waals surface area (Å²) in [5, 5.41) is 7.21. The van der Waals surface area contributed by atoms with Gasteiger partial charge in [-0.25, -0.2) is 14.1 Å². The first-order valence-electron chi connectivity index (χ1n) is 9.23. The summed E-state index contributed by atoms with van der Waals surface area (Å²) in [4.78, 5) is 29.5. The van der Waals surface area contributed by atoms with E-state index in [0.717, 1.165) is 16.8 Å². The van der Waals surface area contributed by atoms with Gasteiger partial charge >= 0.3 is 6.18 Å². The van der Waals surface area contributed by atoms with E-state index in [1.807, 2.05) is 0 Å². The number of aromatic nitrogens is 3. The number of fused-ring (bicyclic) bond motifs is 1. The van der Waals surface area contributed by atoms with Crippen molar-refractivity contribution in [3.8, 4) is 11.3 Å².